The molecular weight excluding hydrogens is 330 g/mol. The molecule has 25 heavy (non-hydrogen) atoms. The first-order valence-electron chi connectivity index (χ1n) is 9.58. The van der Waals surface area contributed by atoms with Crippen molar-refractivity contribution in [1.82, 2.24) is 20.0 Å². The third-order valence-electron chi connectivity index (χ3n) is 5.53. The zero-order valence-electron chi connectivity index (χ0n) is 15.9. The van der Waals surface area contributed by atoms with Crippen molar-refractivity contribution in [2.75, 3.05) is 53.9 Å². The summed E-state index contributed by atoms with van der Waals surface area (Å²) in [6.07, 6.45) is 5.41. The largest absolute Gasteiger partial charge is 0.354 e. The van der Waals surface area contributed by atoms with E-state index in [1.54, 1.807) is 0 Å². The lowest BCUT2D eigenvalue weighted by Gasteiger charge is -2.32. The van der Waals surface area contributed by atoms with Gasteiger partial charge < -0.3 is 15.1 Å². The number of thiophene rings is 1. The maximum Gasteiger partial charge on any atom is 0.193 e. The van der Waals surface area contributed by atoms with E-state index in [1.165, 1.54) is 43.6 Å². The average molecular weight is 364 g/mol. The van der Waals surface area contributed by atoms with Gasteiger partial charge in [0, 0.05) is 37.6 Å². The number of rotatable bonds is 5. The Morgan fingerprint density at radius 2 is 2.12 bits per heavy atom. The van der Waals surface area contributed by atoms with Crippen LogP contribution in [0.1, 0.15) is 36.6 Å². The first-order chi connectivity index (χ1) is 12.2. The zero-order chi connectivity index (χ0) is 17.6. The van der Waals surface area contributed by atoms with Crippen LogP contribution in [0, 0.1) is 0 Å². The van der Waals surface area contributed by atoms with E-state index in [0.29, 0.717) is 12.1 Å². The smallest absolute Gasteiger partial charge is 0.193 e. The van der Waals surface area contributed by atoms with Gasteiger partial charge in [-0.05, 0) is 57.9 Å². The summed E-state index contributed by atoms with van der Waals surface area (Å²) in [5.41, 5.74) is 0. The minimum absolute atomic E-state index is 0.386. The fraction of sp³-hybridized carbons (Fsp3) is 0.737. The average Bonchev–Trinajstić information content (AvgIpc) is 3.31. The molecule has 3 rings (SSSR count). The van der Waals surface area contributed by atoms with Gasteiger partial charge in [0.15, 0.2) is 5.96 Å². The standard InChI is InChI=1S/C19H33N5S/c1-20-19(21-14-17(22(2)3)18-8-7-13-25-18)24-12-9-16(15-24)23-10-5-4-6-11-23/h7-8,13,16-17H,4-6,9-12,14-15H2,1-3H3,(H,20,21). The van der Waals surface area contributed by atoms with Gasteiger partial charge in [0.25, 0.3) is 0 Å². The topological polar surface area (TPSA) is 34.1 Å². The highest BCUT2D eigenvalue weighted by Crippen LogP contribution is 2.23. The predicted molar refractivity (Wildman–Crippen MR) is 108 cm³/mol. The number of hydrogen-bond donors (Lipinski definition) is 1. The van der Waals surface area contributed by atoms with Crippen molar-refractivity contribution in [3.63, 3.8) is 0 Å². The van der Waals surface area contributed by atoms with Crippen LogP contribution in [-0.4, -0.2) is 80.6 Å². The summed E-state index contributed by atoms with van der Waals surface area (Å²) in [6.45, 7) is 5.69. The molecule has 2 aliphatic heterocycles. The molecule has 0 amide bonds. The van der Waals surface area contributed by atoms with Crippen molar-refractivity contribution >= 4 is 17.3 Å². The Balaban J connectivity index is 1.54. The Morgan fingerprint density at radius 1 is 1.32 bits per heavy atom. The van der Waals surface area contributed by atoms with E-state index >= 15 is 0 Å². The number of aliphatic imine (C=N–C) groups is 1. The Labute approximate surface area is 156 Å². The van der Waals surface area contributed by atoms with Crippen molar-refractivity contribution in [3.05, 3.63) is 22.4 Å². The van der Waals surface area contributed by atoms with Crippen LogP contribution in [0.4, 0.5) is 0 Å². The first-order valence-corrected chi connectivity index (χ1v) is 10.5. The van der Waals surface area contributed by atoms with Crippen LogP contribution < -0.4 is 5.32 Å². The molecule has 1 aromatic rings. The van der Waals surface area contributed by atoms with Crippen molar-refractivity contribution in [2.24, 2.45) is 4.99 Å². The van der Waals surface area contributed by atoms with Crippen LogP contribution in [0.3, 0.4) is 0 Å². The molecule has 0 saturated carbocycles. The lowest BCUT2D eigenvalue weighted by molar-refractivity contribution is 0.168. The highest BCUT2D eigenvalue weighted by Gasteiger charge is 2.30. The zero-order valence-corrected chi connectivity index (χ0v) is 16.8. The third-order valence-corrected chi connectivity index (χ3v) is 6.50. The SMILES string of the molecule is CN=C(NCC(c1cccs1)N(C)C)N1CCC(N2CCCCC2)C1. The van der Waals surface area contributed by atoms with Gasteiger partial charge in [0.05, 0.1) is 6.04 Å². The molecule has 3 heterocycles. The van der Waals surface area contributed by atoms with Crippen LogP contribution in [0.2, 0.25) is 0 Å². The Hall–Kier alpha value is -1.11. The predicted octanol–water partition coefficient (Wildman–Crippen LogP) is 2.49. The van der Waals surface area contributed by atoms with Crippen molar-refractivity contribution < 1.29 is 0 Å². The van der Waals surface area contributed by atoms with Gasteiger partial charge >= 0.3 is 0 Å². The Kier molecular flexibility index (Phi) is 6.73. The molecule has 6 heteroatoms. The van der Waals surface area contributed by atoms with E-state index in [9.17, 15) is 0 Å². The molecule has 2 aliphatic rings. The molecule has 0 spiro atoms. The molecular formula is C19H33N5S. The lowest BCUT2D eigenvalue weighted by Crippen LogP contribution is -2.46. The number of hydrogen-bond acceptors (Lipinski definition) is 4. The molecule has 140 valence electrons. The maximum absolute atomic E-state index is 4.56. The van der Waals surface area contributed by atoms with Crippen molar-refractivity contribution in [3.8, 4) is 0 Å². The number of likely N-dealkylation sites (tertiary alicyclic amines) is 2. The molecule has 1 aromatic heterocycles. The van der Waals surface area contributed by atoms with Crippen LogP contribution in [0.25, 0.3) is 0 Å². The summed E-state index contributed by atoms with van der Waals surface area (Å²) >= 11 is 1.83. The normalized spacial score (nSPS) is 24.1. The van der Waals surface area contributed by atoms with E-state index in [0.717, 1.165) is 25.6 Å². The van der Waals surface area contributed by atoms with Crippen LogP contribution in [0.15, 0.2) is 22.5 Å². The van der Waals surface area contributed by atoms with Gasteiger partial charge in [-0.2, -0.15) is 0 Å². The highest BCUT2D eigenvalue weighted by molar-refractivity contribution is 7.10. The monoisotopic (exact) mass is 363 g/mol. The van der Waals surface area contributed by atoms with E-state index in [1.807, 2.05) is 18.4 Å². The number of guanidine groups is 1. The summed E-state index contributed by atoms with van der Waals surface area (Å²) in [5.74, 6) is 1.06. The molecule has 2 atom stereocenters. The second-order valence-electron chi connectivity index (χ2n) is 7.41. The van der Waals surface area contributed by atoms with Gasteiger partial charge in [0.2, 0.25) is 0 Å². The van der Waals surface area contributed by atoms with Gasteiger partial charge in [-0.15, -0.1) is 11.3 Å². The molecule has 2 saturated heterocycles. The summed E-state index contributed by atoms with van der Waals surface area (Å²) in [7, 11) is 6.21. The fourth-order valence-electron chi connectivity index (χ4n) is 4.05. The lowest BCUT2D eigenvalue weighted by atomic mass is 10.1. The Morgan fingerprint density at radius 3 is 2.76 bits per heavy atom. The Bertz CT molecular complexity index is 536. The van der Waals surface area contributed by atoms with Crippen LogP contribution >= 0.6 is 11.3 Å². The quantitative estimate of drug-likeness (QED) is 0.644. The van der Waals surface area contributed by atoms with Crippen molar-refractivity contribution in [2.45, 2.75) is 37.8 Å². The molecule has 2 fully saturated rings. The number of nitrogens with zero attached hydrogens (tertiary/aromatic N) is 4. The minimum Gasteiger partial charge on any atom is -0.354 e. The van der Waals surface area contributed by atoms with Gasteiger partial charge in [-0.3, -0.25) is 9.89 Å². The van der Waals surface area contributed by atoms with Gasteiger partial charge in [0.1, 0.15) is 0 Å². The van der Waals surface area contributed by atoms with E-state index < -0.39 is 0 Å². The molecule has 0 bridgehead atoms. The molecule has 5 nitrogen and oxygen atoms in total. The minimum atomic E-state index is 0.386. The second-order valence-corrected chi connectivity index (χ2v) is 8.39. The van der Waals surface area contributed by atoms with E-state index in [2.05, 4.69) is 56.6 Å². The first kappa shape index (κ1) is 18.7. The maximum atomic E-state index is 4.56. The second kappa shape index (κ2) is 9.01. The van der Waals surface area contributed by atoms with Gasteiger partial charge in [-0.25, -0.2) is 0 Å². The molecule has 2 unspecified atom stereocenters. The summed E-state index contributed by atoms with van der Waals surface area (Å²) < 4.78 is 0. The highest BCUT2D eigenvalue weighted by atomic mass is 32.1. The summed E-state index contributed by atoms with van der Waals surface area (Å²) in [4.78, 5) is 13.4. The molecule has 0 aromatic carbocycles. The summed E-state index contributed by atoms with van der Waals surface area (Å²) in [5, 5.41) is 5.78. The van der Waals surface area contributed by atoms with Crippen LogP contribution in [0.5, 0.6) is 0 Å². The van der Waals surface area contributed by atoms with E-state index in [-0.39, 0.29) is 0 Å². The van der Waals surface area contributed by atoms with Gasteiger partial charge in [-0.1, -0.05) is 12.5 Å². The molecule has 1 N–H and O–H groups in total. The fourth-order valence-corrected chi connectivity index (χ4v) is 4.98. The van der Waals surface area contributed by atoms with Crippen molar-refractivity contribution in [1.29, 1.82) is 0 Å². The number of piperidine rings is 1. The van der Waals surface area contributed by atoms with E-state index in [4.69, 9.17) is 0 Å². The number of nitrogens with one attached hydrogen (secondary N) is 1. The van der Waals surface area contributed by atoms with Crippen LogP contribution in [-0.2, 0) is 0 Å². The third kappa shape index (κ3) is 4.74. The summed E-state index contributed by atoms with van der Waals surface area (Å²) in [6, 6.07) is 5.45. The molecule has 0 radical (unpaired) electrons. The number of likely N-dealkylation sites (N-methyl/N-ethyl adjacent to an activating group) is 1. The molecule has 0 aliphatic carbocycles.